The highest BCUT2D eigenvalue weighted by atomic mass is 16.7. The number of aliphatic hydroxyl groups excluding tert-OH is 1. The summed E-state index contributed by atoms with van der Waals surface area (Å²) in [5, 5.41) is 11.3. The lowest BCUT2D eigenvalue weighted by Gasteiger charge is -2.19. The van der Waals surface area contributed by atoms with Crippen LogP contribution in [0.25, 0.3) is 0 Å². The number of rotatable bonds is 5. The summed E-state index contributed by atoms with van der Waals surface area (Å²) >= 11 is 0. The number of hydrogen-bond acceptors (Lipinski definition) is 5. The van der Waals surface area contributed by atoms with Gasteiger partial charge in [0.15, 0.2) is 0 Å². The molecule has 1 amide bonds. The number of esters is 1. The van der Waals surface area contributed by atoms with Gasteiger partial charge in [-0.3, -0.25) is 10.1 Å². The molecule has 1 fully saturated rings. The van der Waals surface area contributed by atoms with E-state index < -0.39 is 19.1 Å². The van der Waals surface area contributed by atoms with E-state index in [1.165, 1.54) is 0 Å². The number of carbonyl (C=O) groups excluding carboxylic acids is 2. The topological polar surface area (TPSA) is 84.9 Å². The molecule has 0 aromatic carbocycles. The third-order valence-corrected chi connectivity index (χ3v) is 3.00. The Balaban J connectivity index is 2.12. The molecule has 1 rings (SSSR count). The number of alkyl carbamates (subject to hydrolysis) is 1. The summed E-state index contributed by atoms with van der Waals surface area (Å²) in [6.07, 6.45) is 3.61. The highest BCUT2D eigenvalue weighted by Crippen LogP contribution is 2.24. The Morgan fingerprint density at radius 3 is 2.56 bits per heavy atom. The van der Waals surface area contributed by atoms with E-state index in [4.69, 9.17) is 9.84 Å². The Labute approximate surface area is 107 Å². The predicted octanol–water partition coefficient (Wildman–Crippen LogP) is 1.52. The second kappa shape index (κ2) is 7.92. The maximum absolute atomic E-state index is 11.6. The highest BCUT2D eigenvalue weighted by Gasteiger charge is 2.22. The largest absolute Gasteiger partial charge is 0.428 e. The van der Waals surface area contributed by atoms with E-state index in [2.05, 4.69) is 10.1 Å². The van der Waals surface area contributed by atoms with Gasteiger partial charge in [-0.2, -0.15) is 0 Å². The maximum Gasteiger partial charge on any atom is 0.412 e. The molecule has 0 radical (unpaired) electrons. The average molecular weight is 259 g/mol. The SMILES string of the molecule is CCC(O)NC(=O)OCOC(=O)C1CCCCC1. The van der Waals surface area contributed by atoms with E-state index in [0.29, 0.717) is 6.42 Å². The van der Waals surface area contributed by atoms with Crippen LogP contribution in [0.3, 0.4) is 0 Å². The van der Waals surface area contributed by atoms with Gasteiger partial charge in [-0.1, -0.05) is 26.2 Å². The zero-order valence-electron chi connectivity index (χ0n) is 10.7. The van der Waals surface area contributed by atoms with Crippen LogP contribution in [-0.4, -0.2) is 30.2 Å². The van der Waals surface area contributed by atoms with Gasteiger partial charge in [-0.15, -0.1) is 0 Å². The number of aliphatic hydroxyl groups is 1. The van der Waals surface area contributed by atoms with E-state index in [-0.39, 0.29) is 11.9 Å². The molecule has 0 heterocycles. The molecular weight excluding hydrogens is 238 g/mol. The normalized spacial score (nSPS) is 17.9. The number of carbonyl (C=O) groups is 2. The van der Waals surface area contributed by atoms with Gasteiger partial charge in [-0.25, -0.2) is 4.79 Å². The number of nitrogens with one attached hydrogen (secondary N) is 1. The Morgan fingerprint density at radius 1 is 1.28 bits per heavy atom. The third kappa shape index (κ3) is 5.35. The quantitative estimate of drug-likeness (QED) is 0.577. The van der Waals surface area contributed by atoms with Crippen LogP contribution in [0.1, 0.15) is 45.4 Å². The van der Waals surface area contributed by atoms with Gasteiger partial charge < -0.3 is 14.6 Å². The summed E-state index contributed by atoms with van der Waals surface area (Å²) in [6, 6.07) is 0. The van der Waals surface area contributed by atoms with E-state index in [1.54, 1.807) is 6.92 Å². The van der Waals surface area contributed by atoms with E-state index in [9.17, 15) is 9.59 Å². The fourth-order valence-corrected chi connectivity index (χ4v) is 1.88. The number of hydrogen-bond donors (Lipinski definition) is 2. The van der Waals surface area contributed by atoms with Gasteiger partial charge in [0.05, 0.1) is 5.92 Å². The Kier molecular flexibility index (Phi) is 6.49. The van der Waals surface area contributed by atoms with Gasteiger partial charge in [0, 0.05) is 0 Å². The molecular formula is C12H21NO5. The van der Waals surface area contributed by atoms with Crippen LogP contribution in [0.2, 0.25) is 0 Å². The second-order valence-corrected chi connectivity index (χ2v) is 4.42. The molecule has 0 aromatic heterocycles. The van der Waals surface area contributed by atoms with Crippen molar-refractivity contribution < 1.29 is 24.2 Å². The zero-order valence-corrected chi connectivity index (χ0v) is 10.7. The minimum atomic E-state index is -0.938. The van der Waals surface area contributed by atoms with Crippen molar-refractivity contribution in [3.63, 3.8) is 0 Å². The van der Waals surface area contributed by atoms with Gasteiger partial charge in [-0.05, 0) is 19.3 Å². The Bertz CT molecular complexity index is 276. The fraction of sp³-hybridized carbons (Fsp3) is 0.833. The standard InChI is InChI=1S/C12H21NO5/c1-2-10(14)13-12(16)18-8-17-11(15)9-6-4-3-5-7-9/h9-10,14H,2-8H2,1H3,(H,13,16). The number of ether oxygens (including phenoxy) is 2. The van der Waals surface area contributed by atoms with Crippen LogP contribution in [-0.2, 0) is 14.3 Å². The van der Waals surface area contributed by atoms with Crippen LogP contribution >= 0.6 is 0 Å². The third-order valence-electron chi connectivity index (χ3n) is 3.00. The van der Waals surface area contributed by atoms with Gasteiger partial charge in [0.2, 0.25) is 6.79 Å². The minimum Gasteiger partial charge on any atom is -0.428 e. The van der Waals surface area contributed by atoms with Crippen LogP contribution in [0.5, 0.6) is 0 Å². The van der Waals surface area contributed by atoms with Crippen LogP contribution in [0.15, 0.2) is 0 Å². The van der Waals surface area contributed by atoms with Crippen molar-refractivity contribution in [1.29, 1.82) is 0 Å². The van der Waals surface area contributed by atoms with Crippen LogP contribution in [0, 0.1) is 5.92 Å². The molecule has 1 aliphatic carbocycles. The summed E-state index contributed by atoms with van der Waals surface area (Å²) in [4.78, 5) is 22.7. The van der Waals surface area contributed by atoms with Crippen molar-refractivity contribution in [2.75, 3.05) is 6.79 Å². The van der Waals surface area contributed by atoms with Crippen LogP contribution < -0.4 is 5.32 Å². The van der Waals surface area contributed by atoms with Crippen molar-refractivity contribution in [1.82, 2.24) is 5.32 Å². The minimum absolute atomic E-state index is 0.0633. The first-order chi connectivity index (χ1) is 8.63. The molecule has 18 heavy (non-hydrogen) atoms. The molecule has 1 aliphatic rings. The first-order valence-corrected chi connectivity index (χ1v) is 6.41. The molecule has 0 spiro atoms. The lowest BCUT2D eigenvalue weighted by atomic mass is 9.89. The molecule has 0 aliphatic heterocycles. The monoisotopic (exact) mass is 259 g/mol. The molecule has 0 aromatic rings. The second-order valence-electron chi connectivity index (χ2n) is 4.42. The molecule has 6 nitrogen and oxygen atoms in total. The van der Waals surface area contributed by atoms with Crippen molar-refractivity contribution >= 4 is 12.1 Å². The molecule has 1 atom stereocenters. The van der Waals surface area contributed by atoms with E-state index in [1.807, 2.05) is 0 Å². The molecule has 6 heteroatoms. The summed E-state index contributed by atoms with van der Waals surface area (Å²) in [5.74, 6) is -0.370. The van der Waals surface area contributed by atoms with Crippen molar-refractivity contribution in [3.05, 3.63) is 0 Å². The molecule has 0 saturated heterocycles. The smallest absolute Gasteiger partial charge is 0.412 e. The summed E-state index contributed by atoms with van der Waals surface area (Å²) < 4.78 is 9.49. The summed E-state index contributed by atoms with van der Waals surface area (Å²) in [7, 11) is 0. The van der Waals surface area contributed by atoms with Gasteiger partial charge in [0.25, 0.3) is 0 Å². The van der Waals surface area contributed by atoms with E-state index >= 15 is 0 Å². The van der Waals surface area contributed by atoms with Gasteiger partial charge in [0.1, 0.15) is 6.23 Å². The summed E-state index contributed by atoms with van der Waals surface area (Å²) in [5.41, 5.74) is 0. The lowest BCUT2D eigenvalue weighted by molar-refractivity contribution is -0.158. The molecule has 0 bridgehead atoms. The number of amides is 1. The lowest BCUT2D eigenvalue weighted by Crippen LogP contribution is -2.35. The average Bonchev–Trinajstić information content (AvgIpc) is 2.39. The maximum atomic E-state index is 11.6. The summed E-state index contributed by atoms with van der Waals surface area (Å²) in [6.45, 7) is 1.31. The first kappa shape index (κ1) is 14.8. The molecule has 104 valence electrons. The van der Waals surface area contributed by atoms with Crippen molar-refractivity contribution in [2.24, 2.45) is 5.92 Å². The van der Waals surface area contributed by atoms with Crippen LogP contribution in [0.4, 0.5) is 4.79 Å². The molecule has 1 unspecified atom stereocenters. The molecule has 2 N–H and O–H groups in total. The first-order valence-electron chi connectivity index (χ1n) is 6.41. The van der Waals surface area contributed by atoms with Crippen molar-refractivity contribution in [2.45, 2.75) is 51.7 Å². The van der Waals surface area contributed by atoms with E-state index in [0.717, 1.165) is 32.1 Å². The Hall–Kier alpha value is -1.30. The Morgan fingerprint density at radius 2 is 1.94 bits per heavy atom. The fourth-order valence-electron chi connectivity index (χ4n) is 1.88. The van der Waals surface area contributed by atoms with Crippen molar-refractivity contribution in [3.8, 4) is 0 Å². The molecule has 1 saturated carbocycles. The predicted molar refractivity (Wildman–Crippen MR) is 63.4 cm³/mol. The zero-order chi connectivity index (χ0) is 13.4. The highest BCUT2D eigenvalue weighted by molar-refractivity contribution is 5.72. The van der Waals surface area contributed by atoms with Gasteiger partial charge >= 0.3 is 12.1 Å².